The zero-order chi connectivity index (χ0) is 14.8. The Hall–Kier alpha value is -0.900. The largest absolute Gasteiger partial charge is 0.292 e. The van der Waals surface area contributed by atoms with E-state index in [-0.39, 0.29) is 15.6 Å². The molecular formula is C11H19N5O2S2. The molecule has 0 atom stereocenters. The Balaban J connectivity index is 2.20. The molecule has 0 aliphatic carbocycles. The molecule has 0 radical (unpaired) electrons. The highest BCUT2D eigenvalue weighted by Gasteiger charge is 2.31. The number of aromatic nitrogens is 2. The summed E-state index contributed by atoms with van der Waals surface area (Å²) >= 11 is 1.80. The summed E-state index contributed by atoms with van der Waals surface area (Å²) in [5.74, 6) is 6.14. The number of nitrogen functional groups attached to an aromatic ring is 1. The van der Waals surface area contributed by atoms with E-state index in [4.69, 9.17) is 5.84 Å². The Kier molecular flexibility index (Phi) is 4.52. The summed E-state index contributed by atoms with van der Waals surface area (Å²) in [6.45, 7) is 5.30. The van der Waals surface area contributed by atoms with Gasteiger partial charge in [0.1, 0.15) is 4.90 Å². The molecule has 2 heterocycles. The molecule has 9 heteroatoms. The fourth-order valence-corrected chi connectivity index (χ4v) is 4.46. The molecule has 2 rings (SSSR count). The Labute approximate surface area is 123 Å². The standard InChI is InChI=1S/C11H19N5O2S2/c1-11(2)3-4-16(5-6-19-11)20(17,18)9-7-13-10(15-12)14-8-9/h7-8H,3-6,12H2,1-2H3,(H,13,14,15). The molecule has 1 saturated heterocycles. The molecule has 0 aromatic carbocycles. The van der Waals surface area contributed by atoms with Crippen LogP contribution in [0.2, 0.25) is 0 Å². The van der Waals surface area contributed by atoms with Crippen LogP contribution in [0.25, 0.3) is 0 Å². The minimum atomic E-state index is -3.53. The van der Waals surface area contributed by atoms with Crippen molar-refractivity contribution >= 4 is 27.7 Å². The summed E-state index contributed by atoms with van der Waals surface area (Å²) in [5, 5.41) is 0. The first-order chi connectivity index (χ1) is 9.35. The van der Waals surface area contributed by atoms with Crippen molar-refractivity contribution in [2.75, 3.05) is 24.3 Å². The van der Waals surface area contributed by atoms with Crippen molar-refractivity contribution in [3.05, 3.63) is 12.4 Å². The zero-order valence-electron chi connectivity index (χ0n) is 11.5. The zero-order valence-corrected chi connectivity index (χ0v) is 13.2. The van der Waals surface area contributed by atoms with Crippen LogP contribution in [0.1, 0.15) is 20.3 Å². The number of sulfonamides is 1. The normalized spacial score (nSPS) is 20.4. The molecule has 1 aromatic heterocycles. The number of hydrazine groups is 1. The van der Waals surface area contributed by atoms with Gasteiger partial charge in [-0.2, -0.15) is 16.1 Å². The predicted octanol–water partition coefficient (Wildman–Crippen LogP) is 0.668. The number of hydrogen-bond donors (Lipinski definition) is 2. The molecule has 1 aliphatic heterocycles. The van der Waals surface area contributed by atoms with Gasteiger partial charge in [0.15, 0.2) is 0 Å². The van der Waals surface area contributed by atoms with E-state index < -0.39 is 10.0 Å². The summed E-state index contributed by atoms with van der Waals surface area (Å²) in [5.41, 5.74) is 2.27. The van der Waals surface area contributed by atoms with Gasteiger partial charge in [0, 0.05) is 23.6 Å². The van der Waals surface area contributed by atoms with Gasteiger partial charge in [-0.15, -0.1) is 0 Å². The Morgan fingerprint density at radius 1 is 1.35 bits per heavy atom. The summed E-state index contributed by atoms with van der Waals surface area (Å²) in [4.78, 5) is 7.80. The minimum absolute atomic E-state index is 0.0983. The van der Waals surface area contributed by atoms with Crippen LogP contribution in [0.15, 0.2) is 17.3 Å². The van der Waals surface area contributed by atoms with Crippen LogP contribution in [0.5, 0.6) is 0 Å². The molecule has 3 N–H and O–H groups in total. The second-order valence-corrected chi connectivity index (χ2v) is 8.89. The fourth-order valence-electron chi connectivity index (χ4n) is 1.92. The third-order valence-corrected chi connectivity index (χ3v) is 6.42. The quantitative estimate of drug-likeness (QED) is 0.624. The smallest absolute Gasteiger partial charge is 0.246 e. The van der Waals surface area contributed by atoms with Crippen LogP contribution >= 0.6 is 11.8 Å². The summed E-state index contributed by atoms with van der Waals surface area (Å²) in [6.07, 6.45) is 3.38. The van der Waals surface area contributed by atoms with Crippen LogP contribution in [0, 0.1) is 0 Å². The second kappa shape index (κ2) is 5.84. The Morgan fingerprint density at radius 3 is 2.60 bits per heavy atom. The number of nitrogens with zero attached hydrogens (tertiary/aromatic N) is 3. The number of rotatable bonds is 3. The number of nitrogens with one attached hydrogen (secondary N) is 1. The lowest BCUT2D eigenvalue weighted by atomic mass is 10.1. The van der Waals surface area contributed by atoms with Gasteiger partial charge in [-0.3, -0.25) is 5.43 Å². The van der Waals surface area contributed by atoms with E-state index in [1.807, 2.05) is 0 Å². The maximum atomic E-state index is 12.5. The highest BCUT2D eigenvalue weighted by Crippen LogP contribution is 2.32. The van der Waals surface area contributed by atoms with Crippen molar-refractivity contribution in [3.8, 4) is 0 Å². The number of thioether (sulfide) groups is 1. The predicted molar refractivity (Wildman–Crippen MR) is 79.8 cm³/mol. The highest BCUT2D eigenvalue weighted by molar-refractivity contribution is 8.00. The molecule has 0 saturated carbocycles. The van der Waals surface area contributed by atoms with Crippen LogP contribution in [0.3, 0.4) is 0 Å². The van der Waals surface area contributed by atoms with E-state index in [0.717, 1.165) is 12.2 Å². The maximum absolute atomic E-state index is 12.5. The summed E-state index contributed by atoms with van der Waals surface area (Å²) < 4.78 is 26.7. The maximum Gasteiger partial charge on any atom is 0.246 e. The molecule has 1 aromatic rings. The Bertz CT molecular complexity index is 559. The van der Waals surface area contributed by atoms with Crippen molar-refractivity contribution in [1.82, 2.24) is 14.3 Å². The Morgan fingerprint density at radius 2 is 2.00 bits per heavy atom. The van der Waals surface area contributed by atoms with Crippen molar-refractivity contribution in [2.24, 2.45) is 5.84 Å². The van der Waals surface area contributed by atoms with Gasteiger partial charge < -0.3 is 0 Å². The number of hydrogen-bond acceptors (Lipinski definition) is 7. The molecule has 0 amide bonds. The lowest BCUT2D eigenvalue weighted by Crippen LogP contribution is -2.33. The van der Waals surface area contributed by atoms with Crippen LogP contribution in [-0.4, -0.2) is 46.3 Å². The lowest BCUT2D eigenvalue weighted by molar-refractivity contribution is 0.415. The average Bonchev–Trinajstić information content (AvgIpc) is 2.60. The van der Waals surface area contributed by atoms with E-state index >= 15 is 0 Å². The van der Waals surface area contributed by atoms with Gasteiger partial charge >= 0.3 is 0 Å². The SMILES string of the molecule is CC1(C)CCN(S(=O)(=O)c2cnc(NN)nc2)CCS1. The fraction of sp³-hybridized carbons (Fsp3) is 0.636. The van der Waals surface area contributed by atoms with Crippen molar-refractivity contribution in [2.45, 2.75) is 29.9 Å². The molecular weight excluding hydrogens is 298 g/mol. The van der Waals surface area contributed by atoms with Crippen LogP contribution in [-0.2, 0) is 10.0 Å². The van der Waals surface area contributed by atoms with Gasteiger partial charge in [-0.1, -0.05) is 13.8 Å². The topological polar surface area (TPSA) is 101 Å². The molecule has 20 heavy (non-hydrogen) atoms. The van der Waals surface area contributed by atoms with Crippen LogP contribution in [0.4, 0.5) is 5.95 Å². The first-order valence-corrected chi connectivity index (χ1v) is 8.70. The average molecular weight is 317 g/mol. The molecule has 0 bridgehead atoms. The number of nitrogens with two attached hydrogens (primary N) is 1. The third-order valence-electron chi connectivity index (χ3n) is 3.19. The molecule has 7 nitrogen and oxygen atoms in total. The van der Waals surface area contributed by atoms with Gasteiger partial charge in [-0.05, 0) is 6.42 Å². The lowest BCUT2D eigenvalue weighted by Gasteiger charge is -2.22. The molecule has 1 fully saturated rings. The molecule has 0 spiro atoms. The number of anilines is 1. The minimum Gasteiger partial charge on any atom is -0.292 e. The van der Waals surface area contributed by atoms with Gasteiger partial charge in [0.25, 0.3) is 0 Å². The van der Waals surface area contributed by atoms with Crippen molar-refractivity contribution in [3.63, 3.8) is 0 Å². The van der Waals surface area contributed by atoms with E-state index in [9.17, 15) is 8.42 Å². The van der Waals surface area contributed by atoms with Gasteiger partial charge in [-0.25, -0.2) is 24.2 Å². The molecule has 1 aliphatic rings. The molecule has 0 unspecified atom stereocenters. The summed E-state index contributed by atoms with van der Waals surface area (Å²) in [7, 11) is -3.53. The van der Waals surface area contributed by atoms with E-state index in [2.05, 4.69) is 29.2 Å². The second-order valence-electron chi connectivity index (χ2n) is 5.15. The first kappa shape index (κ1) is 15.5. The first-order valence-electron chi connectivity index (χ1n) is 6.28. The van der Waals surface area contributed by atoms with E-state index in [1.165, 1.54) is 16.7 Å². The van der Waals surface area contributed by atoms with E-state index in [1.54, 1.807) is 11.8 Å². The third kappa shape index (κ3) is 3.40. The van der Waals surface area contributed by atoms with Crippen molar-refractivity contribution < 1.29 is 8.42 Å². The van der Waals surface area contributed by atoms with E-state index in [0.29, 0.717) is 13.1 Å². The van der Waals surface area contributed by atoms with Crippen LogP contribution < -0.4 is 11.3 Å². The van der Waals surface area contributed by atoms with Gasteiger partial charge in [0.05, 0.1) is 12.4 Å². The summed E-state index contributed by atoms with van der Waals surface area (Å²) in [6, 6.07) is 0. The van der Waals surface area contributed by atoms with Crippen molar-refractivity contribution in [1.29, 1.82) is 0 Å². The van der Waals surface area contributed by atoms with Gasteiger partial charge in [0.2, 0.25) is 16.0 Å². The highest BCUT2D eigenvalue weighted by atomic mass is 32.2. The monoisotopic (exact) mass is 317 g/mol. The molecule has 112 valence electrons.